The van der Waals surface area contributed by atoms with E-state index in [1.807, 2.05) is 37.3 Å². The van der Waals surface area contributed by atoms with Crippen molar-refractivity contribution in [3.05, 3.63) is 30.3 Å². The lowest BCUT2D eigenvalue weighted by Gasteiger charge is -2.34. The monoisotopic (exact) mass is 291 g/mol. The van der Waals surface area contributed by atoms with Gasteiger partial charge in [-0.05, 0) is 19.1 Å². The van der Waals surface area contributed by atoms with Crippen LogP contribution in [0.4, 0.5) is 5.69 Å². The normalized spacial score (nSPS) is 19.2. The van der Waals surface area contributed by atoms with Gasteiger partial charge in [-0.2, -0.15) is 0 Å². The number of carboxylic acid groups (broad SMARTS) is 1. The van der Waals surface area contributed by atoms with Gasteiger partial charge in [0.1, 0.15) is 6.04 Å². The maximum atomic E-state index is 12.5. The number of carbonyl (C=O) groups is 2. The van der Waals surface area contributed by atoms with Gasteiger partial charge >= 0.3 is 5.97 Å². The Kier molecular flexibility index (Phi) is 5.30. The number of amides is 1. The number of para-hydroxylation sites is 1. The number of likely N-dealkylation sites (N-methyl/N-ethyl adjacent to an activating group) is 1. The van der Waals surface area contributed by atoms with E-state index < -0.39 is 12.0 Å². The number of benzene rings is 1. The standard InChI is InChI=1S/C15H21N3O3/c1-2-18(12-6-4-3-5-7-12)14(19)11-17-9-8-16-10-13(17)15(20)21/h3-7,13,16H,2,8-11H2,1H3,(H,20,21). The van der Waals surface area contributed by atoms with Crippen molar-refractivity contribution < 1.29 is 14.7 Å². The van der Waals surface area contributed by atoms with Crippen LogP contribution in [0.2, 0.25) is 0 Å². The first-order chi connectivity index (χ1) is 10.1. The number of piperazine rings is 1. The van der Waals surface area contributed by atoms with Crippen LogP contribution in [-0.4, -0.2) is 60.6 Å². The third kappa shape index (κ3) is 3.80. The fourth-order valence-electron chi connectivity index (χ4n) is 2.55. The number of aliphatic carboxylic acids is 1. The van der Waals surface area contributed by atoms with E-state index in [1.165, 1.54) is 0 Å². The minimum atomic E-state index is -0.891. The highest BCUT2D eigenvalue weighted by molar-refractivity contribution is 5.95. The number of hydrogen-bond acceptors (Lipinski definition) is 4. The van der Waals surface area contributed by atoms with Crippen molar-refractivity contribution >= 4 is 17.6 Å². The van der Waals surface area contributed by atoms with Crippen molar-refractivity contribution in [2.45, 2.75) is 13.0 Å². The van der Waals surface area contributed by atoms with Crippen LogP contribution in [0.15, 0.2) is 30.3 Å². The number of hydrogen-bond donors (Lipinski definition) is 2. The van der Waals surface area contributed by atoms with E-state index in [0.717, 1.165) is 5.69 Å². The highest BCUT2D eigenvalue weighted by Crippen LogP contribution is 2.14. The molecule has 6 heteroatoms. The summed E-state index contributed by atoms with van der Waals surface area (Å²) in [4.78, 5) is 27.1. The average Bonchev–Trinajstić information content (AvgIpc) is 2.49. The number of nitrogens with one attached hydrogen (secondary N) is 1. The minimum absolute atomic E-state index is 0.0724. The number of anilines is 1. The van der Waals surface area contributed by atoms with Crippen LogP contribution in [0.3, 0.4) is 0 Å². The molecule has 0 radical (unpaired) electrons. The molecule has 21 heavy (non-hydrogen) atoms. The number of rotatable bonds is 5. The van der Waals surface area contributed by atoms with Crippen molar-refractivity contribution in [1.82, 2.24) is 10.2 Å². The van der Waals surface area contributed by atoms with Crippen LogP contribution >= 0.6 is 0 Å². The second-order valence-electron chi connectivity index (χ2n) is 5.00. The quantitative estimate of drug-likeness (QED) is 0.821. The van der Waals surface area contributed by atoms with E-state index in [4.69, 9.17) is 0 Å². The largest absolute Gasteiger partial charge is 0.480 e. The van der Waals surface area contributed by atoms with Gasteiger partial charge < -0.3 is 15.3 Å². The lowest BCUT2D eigenvalue weighted by Crippen LogP contribution is -2.57. The van der Waals surface area contributed by atoms with Crippen molar-refractivity contribution in [2.75, 3.05) is 37.6 Å². The Bertz CT molecular complexity index is 492. The van der Waals surface area contributed by atoms with Gasteiger partial charge in [-0.15, -0.1) is 0 Å². The summed E-state index contributed by atoms with van der Waals surface area (Å²) in [5.41, 5.74) is 0.840. The van der Waals surface area contributed by atoms with Crippen molar-refractivity contribution in [3.63, 3.8) is 0 Å². The lowest BCUT2D eigenvalue weighted by molar-refractivity contribution is -0.144. The maximum Gasteiger partial charge on any atom is 0.322 e. The smallest absolute Gasteiger partial charge is 0.322 e. The molecule has 1 atom stereocenters. The van der Waals surface area contributed by atoms with Crippen molar-refractivity contribution in [3.8, 4) is 0 Å². The lowest BCUT2D eigenvalue weighted by atomic mass is 10.2. The zero-order chi connectivity index (χ0) is 15.2. The predicted molar refractivity (Wildman–Crippen MR) is 80.3 cm³/mol. The van der Waals surface area contributed by atoms with Crippen LogP contribution < -0.4 is 10.2 Å². The molecule has 1 aromatic carbocycles. The van der Waals surface area contributed by atoms with Gasteiger partial charge in [-0.1, -0.05) is 18.2 Å². The minimum Gasteiger partial charge on any atom is -0.480 e. The van der Waals surface area contributed by atoms with Crippen LogP contribution in [0.25, 0.3) is 0 Å². The molecule has 6 nitrogen and oxygen atoms in total. The number of carboxylic acids is 1. The molecule has 1 amide bonds. The Labute approximate surface area is 124 Å². The van der Waals surface area contributed by atoms with E-state index in [2.05, 4.69) is 5.32 Å². The molecule has 114 valence electrons. The summed E-state index contributed by atoms with van der Waals surface area (Å²) in [6, 6.07) is 8.80. The predicted octanol–water partition coefficient (Wildman–Crippen LogP) is 0.398. The molecule has 1 fully saturated rings. The summed E-state index contributed by atoms with van der Waals surface area (Å²) in [6.07, 6.45) is 0. The van der Waals surface area contributed by atoms with E-state index in [0.29, 0.717) is 26.2 Å². The molecule has 2 N–H and O–H groups in total. The molecular weight excluding hydrogens is 270 g/mol. The van der Waals surface area contributed by atoms with Gasteiger partial charge in [-0.3, -0.25) is 14.5 Å². The molecule has 1 aromatic rings. The first-order valence-corrected chi connectivity index (χ1v) is 7.16. The van der Waals surface area contributed by atoms with Gasteiger partial charge in [0.05, 0.1) is 6.54 Å². The average molecular weight is 291 g/mol. The first kappa shape index (κ1) is 15.5. The molecule has 0 saturated carbocycles. The van der Waals surface area contributed by atoms with E-state index in [-0.39, 0.29) is 12.5 Å². The van der Waals surface area contributed by atoms with E-state index >= 15 is 0 Å². The molecule has 1 unspecified atom stereocenters. The van der Waals surface area contributed by atoms with Gasteiger partial charge in [-0.25, -0.2) is 0 Å². The van der Waals surface area contributed by atoms with Crippen LogP contribution in [0.1, 0.15) is 6.92 Å². The Morgan fingerprint density at radius 1 is 1.38 bits per heavy atom. The summed E-state index contributed by atoms with van der Waals surface area (Å²) >= 11 is 0. The molecule has 0 aromatic heterocycles. The third-order valence-electron chi connectivity index (χ3n) is 3.66. The topological polar surface area (TPSA) is 72.9 Å². The second-order valence-corrected chi connectivity index (χ2v) is 5.00. The maximum absolute atomic E-state index is 12.5. The van der Waals surface area contributed by atoms with Crippen molar-refractivity contribution in [2.24, 2.45) is 0 Å². The molecular formula is C15H21N3O3. The molecule has 0 aliphatic carbocycles. The zero-order valence-electron chi connectivity index (χ0n) is 12.2. The molecule has 0 bridgehead atoms. The molecule has 1 heterocycles. The molecule has 1 aliphatic rings. The Hall–Kier alpha value is -1.92. The highest BCUT2D eigenvalue weighted by Gasteiger charge is 2.30. The van der Waals surface area contributed by atoms with Gasteiger partial charge in [0.2, 0.25) is 5.91 Å². The fraction of sp³-hybridized carbons (Fsp3) is 0.467. The Morgan fingerprint density at radius 2 is 2.10 bits per heavy atom. The number of carbonyl (C=O) groups excluding carboxylic acids is 1. The zero-order valence-corrected chi connectivity index (χ0v) is 12.2. The SMILES string of the molecule is CCN(C(=O)CN1CCNCC1C(=O)O)c1ccccc1. The molecule has 0 spiro atoms. The Morgan fingerprint density at radius 3 is 2.71 bits per heavy atom. The van der Waals surface area contributed by atoms with Crippen molar-refractivity contribution in [1.29, 1.82) is 0 Å². The van der Waals surface area contributed by atoms with Crippen LogP contribution in [-0.2, 0) is 9.59 Å². The first-order valence-electron chi connectivity index (χ1n) is 7.16. The molecule has 2 rings (SSSR count). The summed E-state index contributed by atoms with van der Waals surface area (Å²) in [6.45, 7) is 4.25. The summed E-state index contributed by atoms with van der Waals surface area (Å²) in [7, 11) is 0. The fourth-order valence-corrected chi connectivity index (χ4v) is 2.55. The highest BCUT2D eigenvalue weighted by atomic mass is 16.4. The molecule has 1 aliphatic heterocycles. The van der Waals surface area contributed by atoms with Gasteiger partial charge in [0.25, 0.3) is 0 Å². The number of nitrogens with zero attached hydrogens (tertiary/aromatic N) is 2. The summed E-state index contributed by atoms with van der Waals surface area (Å²) in [5, 5.41) is 12.3. The Balaban J connectivity index is 2.06. The van der Waals surface area contributed by atoms with E-state index in [1.54, 1.807) is 9.80 Å². The van der Waals surface area contributed by atoms with E-state index in [9.17, 15) is 14.7 Å². The summed E-state index contributed by atoms with van der Waals surface area (Å²) in [5.74, 6) is -0.963. The summed E-state index contributed by atoms with van der Waals surface area (Å²) < 4.78 is 0. The second kappa shape index (κ2) is 7.19. The van der Waals surface area contributed by atoms with Crippen LogP contribution in [0, 0.1) is 0 Å². The van der Waals surface area contributed by atoms with Gasteiger partial charge in [0, 0.05) is 31.9 Å². The van der Waals surface area contributed by atoms with Crippen LogP contribution in [0.5, 0.6) is 0 Å². The molecule has 1 saturated heterocycles. The van der Waals surface area contributed by atoms with Gasteiger partial charge in [0.15, 0.2) is 0 Å². The third-order valence-corrected chi connectivity index (χ3v) is 3.66.